The first-order valence-corrected chi connectivity index (χ1v) is 9.01. The fourth-order valence-corrected chi connectivity index (χ4v) is 3.53. The fourth-order valence-electron chi connectivity index (χ4n) is 3.53. The summed E-state index contributed by atoms with van der Waals surface area (Å²) in [5.74, 6) is -0.533. The van der Waals surface area contributed by atoms with Crippen LogP contribution < -0.4 is 15.3 Å². The number of carbonyl (C=O) groups excluding carboxylic acids is 2. The molecule has 136 valence electrons. The average Bonchev–Trinajstić information content (AvgIpc) is 3.10. The van der Waals surface area contributed by atoms with Gasteiger partial charge in [-0.25, -0.2) is 0 Å². The van der Waals surface area contributed by atoms with Gasteiger partial charge in [0, 0.05) is 25.4 Å². The predicted molar refractivity (Wildman–Crippen MR) is 107 cm³/mol. The number of amides is 2. The smallest absolute Gasteiger partial charge is 0.243 e. The lowest BCUT2D eigenvalue weighted by Crippen LogP contribution is -2.43. The number of carbonyl (C=O) groups is 2. The lowest BCUT2D eigenvalue weighted by molar-refractivity contribution is -0.126. The molecule has 4 rings (SSSR count). The molecule has 3 aromatic carbocycles. The van der Waals surface area contributed by atoms with Crippen LogP contribution in [0.5, 0.6) is 0 Å². The number of anilines is 2. The number of hydrogen-bond donors (Lipinski definition) is 1. The van der Waals surface area contributed by atoms with Crippen LogP contribution >= 0.6 is 0 Å². The Bertz CT molecular complexity index is 982. The first-order chi connectivity index (χ1) is 13.1. The van der Waals surface area contributed by atoms with E-state index in [1.165, 1.54) is 0 Å². The summed E-state index contributed by atoms with van der Waals surface area (Å²) in [7, 11) is 1.80. The van der Waals surface area contributed by atoms with Crippen LogP contribution in [0.3, 0.4) is 0 Å². The molecule has 1 fully saturated rings. The Balaban J connectivity index is 1.51. The van der Waals surface area contributed by atoms with Crippen molar-refractivity contribution in [3.05, 3.63) is 72.8 Å². The molecule has 0 bridgehead atoms. The zero-order valence-corrected chi connectivity index (χ0v) is 15.1. The molecule has 2 amide bonds. The molecular weight excluding hydrogens is 338 g/mol. The van der Waals surface area contributed by atoms with Crippen LogP contribution in [-0.4, -0.2) is 25.4 Å². The van der Waals surface area contributed by atoms with Gasteiger partial charge >= 0.3 is 0 Å². The van der Waals surface area contributed by atoms with Crippen LogP contribution in [0.15, 0.2) is 72.8 Å². The molecule has 5 heteroatoms. The van der Waals surface area contributed by atoms with E-state index in [1.807, 2.05) is 72.8 Å². The van der Waals surface area contributed by atoms with Gasteiger partial charge in [-0.3, -0.25) is 20.0 Å². The number of hydrazine groups is 1. The molecule has 0 spiro atoms. The minimum atomic E-state index is -0.373. The number of para-hydroxylation sites is 1. The van der Waals surface area contributed by atoms with Crippen molar-refractivity contribution in [2.45, 2.75) is 6.42 Å². The minimum absolute atomic E-state index is 0.0196. The number of nitrogens with zero attached hydrogens (tertiary/aromatic N) is 2. The highest BCUT2D eigenvalue weighted by atomic mass is 16.2. The van der Waals surface area contributed by atoms with E-state index in [-0.39, 0.29) is 24.2 Å². The molecular formula is C22H21N3O2. The number of hydrogen-bond acceptors (Lipinski definition) is 3. The van der Waals surface area contributed by atoms with Crippen LogP contribution in [0.1, 0.15) is 6.42 Å². The average molecular weight is 359 g/mol. The molecule has 1 heterocycles. The fraction of sp³-hybridized carbons (Fsp3) is 0.182. The van der Waals surface area contributed by atoms with Gasteiger partial charge in [0.1, 0.15) is 0 Å². The normalized spacial score (nSPS) is 16.6. The molecule has 0 aliphatic carbocycles. The molecule has 27 heavy (non-hydrogen) atoms. The summed E-state index contributed by atoms with van der Waals surface area (Å²) < 4.78 is 0. The second kappa shape index (κ2) is 7.11. The van der Waals surface area contributed by atoms with Gasteiger partial charge in [0.2, 0.25) is 11.8 Å². The maximum atomic E-state index is 12.7. The van der Waals surface area contributed by atoms with E-state index in [0.717, 1.165) is 22.1 Å². The van der Waals surface area contributed by atoms with Crippen LogP contribution in [0.4, 0.5) is 11.4 Å². The molecule has 1 saturated heterocycles. The van der Waals surface area contributed by atoms with E-state index in [1.54, 1.807) is 17.0 Å². The van der Waals surface area contributed by atoms with Gasteiger partial charge in [0.15, 0.2) is 0 Å². The molecule has 1 atom stereocenters. The van der Waals surface area contributed by atoms with Gasteiger partial charge in [0.25, 0.3) is 0 Å². The maximum Gasteiger partial charge on any atom is 0.243 e. The number of benzene rings is 3. The Kier molecular flexibility index (Phi) is 4.50. The van der Waals surface area contributed by atoms with Crippen molar-refractivity contribution in [3.8, 4) is 0 Å². The third kappa shape index (κ3) is 3.36. The second-order valence-electron chi connectivity index (χ2n) is 6.77. The number of nitrogens with one attached hydrogen (secondary N) is 1. The van der Waals surface area contributed by atoms with Gasteiger partial charge < -0.3 is 4.90 Å². The summed E-state index contributed by atoms with van der Waals surface area (Å²) in [6, 6.07) is 23.5. The molecule has 1 unspecified atom stereocenters. The highest BCUT2D eigenvalue weighted by molar-refractivity contribution is 6.07. The van der Waals surface area contributed by atoms with Crippen molar-refractivity contribution in [1.29, 1.82) is 0 Å². The zero-order valence-electron chi connectivity index (χ0n) is 15.1. The highest BCUT2D eigenvalue weighted by Crippen LogP contribution is 2.31. The lowest BCUT2D eigenvalue weighted by atomic mass is 10.1. The summed E-state index contributed by atoms with van der Waals surface area (Å²) in [5, 5.41) is 3.79. The zero-order chi connectivity index (χ0) is 18.8. The van der Waals surface area contributed by atoms with Crippen molar-refractivity contribution in [2.24, 2.45) is 5.92 Å². The van der Waals surface area contributed by atoms with Crippen molar-refractivity contribution < 1.29 is 9.59 Å². The third-order valence-corrected chi connectivity index (χ3v) is 4.97. The first-order valence-electron chi connectivity index (χ1n) is 9.01. The summed E-state index contributed by atoms with van der Waals surface area (Å²) in [4.78, 5) is 27.0. The molecule has 1 aliphatic rings. The van der Waals surface area contributed by atoms with Gasteiger partial charge in [-0.1, -0.05) is 54.6 Å². The highest BCUT2D eigenvalue weighted by Gasteiger charge is 2.36. The Morgan fingerprint density at radius 3 is 2.52 bits per heavy atom. The van der Waals surface area contributed by atoms with Gasteiger partial charge in [-0.15, -0.1) is 0 Å². The Morgan fingerprint density at radius 1 is 1.00 bits per heavy atom. The Labute approximate surface area is 158 Å². The third-order valence-electron chi connectivity index (χ3n) is 4.97. The Hall–Kier alpha value is -3.34. The lowest BCUT2D eigenvalue weighted by Gasteiger charge is -2.23. The molecule has 0 radical (unpaired) electrons. The van der Waals surface area contributed by atoms with Crippen molar-refractivity contribution >= 4 is 34.0 Å². The Morgan fingerprint density at radius 2 is 1.70 bits per heavy atom. The largest absolute Gasteiger partial charge is 0.311 e. The van der Waals surface area contributed by atoms with Crippen LogP contribution in [-0.2, 0) is 9.59 Å². The van der Waals surface area contributed by atoms with Gasteiger partial charge in [0.05, 0.1) is 17.3 Å². The van der Waals surface area contributed by atoms with Gasteiger partial charge in [-0.05, 0) is 23.6 Å². The van der Waals surface area contributed by atoms with Crippen molar-refractivity contribution in [1.82, 2.24) is 5.43 Å². The van der Waals surface area contributed by atoms with E-state index in [2.05, 4.69) is 5.43 Å². The molecule has 1 N–H and O–H groups in total. The van der Waals surface area contributed by atoms with Crippen LogP contribution in [0, 0.1) is 5.92 Å². The van der Waals surface area contributed by atoms with Crippen molar-refractivity contribution in [3.63, 3.8) is 0 Å². The van der Waals surface area contributed by atoms with E-state index in [4.69, 9.17) is 0 Å². The summed E-state index contributed by atoms with van der Waals surface area (Å²) in [6.07, 6.45) is 0.220. The monoisotopic (exact) mass is 359 g/mol. The topological polar surface area (TPSA) is 52.7 Å². The van der Waals surface area contributed by atoms with Crippen LogP contribution in [0.25, 0.3) is 10.8 Å². The minimum Gasteiger partial charge on any atom is -0.311 e. The van der Waals surface area contributed by atoms with E-state index >= 15 is 0 Å². The first kappa shape index (κ1) is 17.1. The van der Waals surface area contributed by atoms with Crippen molar-refractivity contribution in [2.75, 3.05) is 23.5 Å². The predicted octanol–water partition coefficient (Wildman–Crippen LogP) is 3.36. The second-order valence-corrected chi connectivity index (χ2v) is 6.77. The van der Waals surface area contributed by atoms with E-state index < -0.39 is 0 Å². The van der Waals surface area contributed by atoms with E-state index in [9.17, 15) is 9.59 Å². The van der Waals surface area contributed by atoms with Crippen LogP contribution in [0.2, 0.25) is 0 Å². The standard InChI is InChI=1S/C22H21N3O2/c1-24(18-10-3-2-4-11-18)23-22(27)17-14-21(26)25(15-17)20-13-7-9-16-8-5-6-12-19(16)20/h2-13,17H,14-15H2,1H3,(H,23,27). The molecule has 0 saturated carbocycles. The maximum absolute atomic E-state index is 12.7. The SMILES string of the molecule is CN(NC(=O)C1CC(=O)N(c2cccc3ccccc23)C1)c1ccccc1. The molecule has 5 nitrogen and oxygen atoms in total. The number of rotatable bonds is 4. The van der Waals surface area contributed by atoms with E-state index in [0.29, 0.717) is 6.54 Å². The molecule has 1 aliphatic heterocycles. The molecule has 0 aromatic heterocycles. The molecule has 3 aromatic rings. The summed E-state index contributed by atoms with van der Waals surface area (Å²) >= 11 is 0. The van der Waals surface area contributed by atoms with Gasteiger partial charge in [-0.2, -0.15) is 0 Å². The quantitative estimate of drug-likeness (QED) is 0.727. The number of fused-ring (bicyclic) bond motifs is 1. The summed E-state index contributed by atoms with van der Waals surface area (Å²) in [6.45, 7) is 0.390. The summed E-state index contributed by atoms with van der Waals surface area (Å²) in [5.41, 5.74) is 4.64.